The zero-order chi connectivity index (χ0) is 13.9. The Morgan fingerprint density at radius 1 is 1.33 bits per heavy atom. The first kappa shape index (κ1) is 14.2. The Hall–Kier alpha value is -1.82. The van der Waals surface area contributed by atoms with Gasteiger partial charge < -0.3 is 9.64 Å². The van der Waals surface area contributed by atoms with Gasteiger partial charge in [0.1, 0.15) is 5.75 Å². The lowest BCUT2D eigenvalue weighted by Crippen LogP contribution is -2.24. The smallest absolute Gasteiger partial charge is 0.257 e. The van der Waals surface area contributed by atoms with Crippen LogP contribution in [0.2, 0.25) is 0 Å². The normalized spacial score (nSPS) is 9.78. The molecule has 1 aromatic rings. The van der Waals surface area contributed by atoms with E-state index in [1.807, 2.05) is 0 Å². The molecule has 0 atom stereocenters. The van der Waals surface area contributed by atoms with Crippen LogP contribution in [-0.4, -0.2) is 44.6 Å². The van der Waals surface area contributed by atoms with Crippen molar-refractivity contribution in [2.75, 3.05) is 21.2 Å². The first-order valence-electron chi connectivity index (χ1n) is 5.03. The molecular weight excluding hydrogens is 254 g/mol. The Morgan fingerprint density at radius 3 is 2.33 bits per heavy atom. The standard InChI is InChI=1S/C12H13NO4S/c1-13(2)12(16)10-8(6-15)11(18)7(5-14)4-9(10)17-3/h4-6,18H,1-3H3. The number of nitrogens with zero attached hydrogens (tertiary/aromatic N) is 1. The van der Waals surface area contributed by atoms with E-state index in [0.717, 1.165) is 0 Å². The van der Waals surface area contributed by atoms with Crippen LogP contribution in [0.4, 0.5) is 0 Å². The maximum atomic E-state index is 12.0. The summed E-state index contributed by atoms with van der Waals surface area (Å²) in [6, 6.07) is 1.39. The molecule has 0 saturated heterocycles. The molecule has 1 aromatic carbocycles. The number of hydrogen-bond acceptors (Lipinski definition) is 5. The maximum absolute atomic E-state index is 12.0. The molecule has 0 heterocycles. The summed E-state index contributed by atoms with van der Waals surface area (Å²) in [4.78, 5) is 35.5. The van der Waals surface area contributed by atoms with Gasteiger partial charge in [-0.2, -0.15) is 0 Å². The fourth-order valence-electron chi connectivity index (χ4n) is 1.50. The van der Waals surface area contributed by atoms with Crippen LogP contribution in [0.1, 0.15) is 31.1 Å². The number of carbonyl (C=O) groups is 3. The van der Waals surface area contributed by atoms with Crippen LogP contribution in [0.3, 0.4) is 0 Å². The summed E-state index contributed by atoms with van der Waals surface area (Å²) < 4.78 is 5.06. The van der Waals surface area contributed by atoms with Crippen molar-refractivity contribution in [3.05, 3.63) is 22.8 Å². The van der Waals surface area contributed by atoms with Crippen molar-refractivity contribution in [1.29, 1.82) is 0 Å². The molecule has 0 radical (unpaired) electrons. The van der Waals surface area contributed by atoms with Gasteiger partial charge in [-0.05, 0) is 6.07 Å². The molecule has 0 bridgehead atoms. The van der Waals surface area contributed by atoms with Crippen LogP contribution in [-0.2, 0) is 0 Å². The van der Waals surface area contributed by atoms with Gasteiger partial charge in [-0.1, -0.05) is 0 Å². The number of methoxy groups -OCH3 is 1. The van der Waals surface area contributed by atoms with Gasteiger partial charge in [-0.25, -0.2) is 0 Å². The largest absolute Gasteiger partial charge is 0.496 e. The molecule has 0 aliphatic rings. The van der Waals surface area contributed by atoms with Crippen molar-refractivity contribution in [1.82, 2.24) is 4.90 Å². The number of amides is 1. The number of ether oxygens (including phenoxy) is 1. The van der Waals surface area contributed by atoms with E-state index in [4.69, 9.17) is 4.74 Å². The highest BCUT2D eigenvalue weighted by molar-refractivity contribution is 7.80. The Labute approximate surface area is 110 Å². The molecule has 0 aliphatic heterocycles. The number of aldehydes is 2. The third-order valence-electron chi connectivity index (χ3n) is 2.42. The van der Waals surface area contributed by atoms with E-state index in [2.05, 4.69) is 12.6 Å². The number of thiol groups is 1. The van der Waals surface area contributed by atoms with Gasteiger partial charge in [0.2, 0.25) is 0 Å². The first-order valence-corrected chi connectivity index (χ1v) is 5.48. The molecule has 1 rings (SSSR count). The third-order valence-corrected chi connectivity index (χ3v) is 2.91. The molecule has 0 fully saturated rings. The molecule has 0 spiro atoms. The first-order chi connectivity index (χ1) is 8.47. The van der Waals surface area contributed by atoms with Gasteiger partial charge in [0.25, 0.3) is 5.91 Å². The van der Waals surface area contributed by atoms with Crippen LogP contribution in [0, 0.1) is 0 Å². The highest BCUT2D eigenvalue weighted by atomic mass is 32.1. The van der Waals surface area contributed by atoms with E-state index in [0.29, 0.717) is 12.6 Å². The van der Waals surface area contributed by atoms with Gasteiger partial charge in [0.15, 0.2) is 12.6 Å². The number of hydrogen-bond donors (Lipinski definition) is 1. The Morgan fingerprint density at radius 2 is 1.94 bits per heavy atom. The second-order valence-electron chi connectivity index (χ2n) is 3.74. The van der Waals surface area contributed by atoms with E-state index in [-0.39, 0.29) is 33.2 Å². The summed E-state index contributed by atoms with van der Waals surface area (Å²) >= 11 is 4.10. The van der Waals surface area contributed by atoms with Crippen molar-refractivity contribution in [3.8, 4) is 5.75 Å². The predicted molar refractivity (Wildman–Crippen MR) is 69.0 cm³/mol. The summed E-state index contributed by atoms with van der Waals surface area (Å²) in [6.45, 7) is 0. The van der Waals surface area contributed by atoms with Crippen LogP contribution in [0.5, 0.6) is 5.75 Å². The topological polar surface area (TPSA) is 63.7 Å². The lowest BCUT2D eigenvalue weighted by Gasteiger charge is -2.17. The average Bonchev–Trinajstić information content (AvgIpc) is 2.37. The molecule has 6 heteroatoms. The summed E-state index contributed by atoms with van der Waals surface area (Å²) in [7, 11) is 4.48. The number of benzene rings is 1. The minimum atomic E-state index is -0.387. The highest BCUT2D eigenvalue weighted by Gasteiger charge is 2.23. The van der Waals surface area contributed by atoms with E-state index in [1.54, 1.807) is 14.1 Å². The molecule has 96 valence electrons. The van der Waals surface area contributed by atoms with Crippen LogP contribution in [0.25, 0.3) is 0 Å². The van der Waals surface area contributed by atoms with Crippen LogP contribution in [0.15, 0.2) is 11.0 Å². The van der Waals surface area contributed by atoms with Gasteiger partial charge >= 0.3 is 0 Å². The Balaban J connectivity index is 3.66. The predicted octanol–water partition coefficient (Wildman–Crippen LogP) is 1.31. The van der Waals surface area contributed by atoms with Crippen LogP contribution < -0.4 is 4.74 Å². The van der Waals surface area contributed by atoms with E-state index < -0.39 is 0 Å². The average molecular weight is 267 g/mol. The third kappa shape index (κ3) is 2.38. The molecule has 0 aromatic heterocycles. The molecule has 0 aliphatic carbocycles. The SMILES string of the molecule is COc1cc(C=O)c(S)c(C=O)c1C(=O)N(C)C. The van der Waals surface area contributed by atoms with Crippen molar-refractivity contribution in [2.24, 2.45) is 0 Å². The summed E-state index contributed by atoms with van der Waals surface area (Å²) in [6.07, 6.45) is 1.05. The zero-order valence-electron chi connectivity index (χ0n) is 10.3. The molecule has 18 heavy (non-hydrogen) atoms. The molecular formula is C12H13NO4S. The van der Waals surface area contributed by atoms with Gasteiger partial charge in [-0.15, -0.1) is 12.6 Å². The fraction of sp³-hybridized carbons (Fsp3) is 0.250. The summed E-state index contributed by atoms with van der Waals surface area (Å²) in [5.41, 5.74) is 0.360. The Bertz CT molecular complexity index is 511. The maximum Gasteiger partial charge on any atom is 0.257 e. The van der Waals surface area contributed by atoms with Crippen molar-refractivity contribution in [3.63, 3.8) is 0 Å². The van der Waals surface area contributed by atoms with Gasteiger partial charge in [-0.3, -0.25) is 14.4 Å². The van der Waals surface area contributed by atoms with Crippen LogP contribution >= 0.6 is 12.6 Å². The van der Waals surface area contributed by atoms with Gasteiger partial charge in [0, 0.05) is 30.1 Å². The Kier molecular flexibility index (Phi) is 4.49. The minimum Gasteiger partial charge on any atom is -0.496 e. The lowest BCUT2D eigenvalue weighted by atomic mass is 10.0. The van der Waals surface area contributed by atoms with Crippen molar-refractivity contribution in [2.45, 2.75) is 4.90 Å². The van der Waals surface area contributed by atoms with Crippen molar-refractivity contribution >= 4 is 31.1 Å². The fourth-order valence-corrected chi connectivity index (χ4v) is 1.78. The van der Waals surface area contributed by atoms with Crippen molar-refractivity contribution < 1.29 is 19.1 Å². The molecule has 0 unspecified atom stereocenters. The monoisotopic (exact) mass is 267 g/mol. The minimum absolute atomic E-state index is 0.0542. The second kappa shape index (κ2) is 5.68. The molecule has 0 saturated carbocycles. The van der Waals surface area contributed by atoms with E-state index in [1.165, 1.54) is 18.1 Å². The lowest BCUT2D eigenvalue weighted by molar-refractivity contribution is 0.0819. The molecule has 1 amide bonds. The number of rotatable bonds is 4. The zero-order valence-corrected chi connectivity index (χ0v) is 11.2. The second-order valence-corrected chi connectivity index (χ2v) is 4.19. The summed E-state index contributed by atoms with van der Waals surface area (Å²) in [5.74, 6) is -0.211. The molecule has 0 N–H and O–H groups in total. The highest BCUT2D eigenvalue weighted by Crippen LogP contribution is 2.30. The van der Waals surface area contributed by atoms with E-state index >= 15 is 0 Å². The quantitative estimate of drug-likeness (QED) is 0.660. The van der Waals surface area contributed by atoms with E-state index in [9.17, 15) is 14.4 Å². The summed E-state index contributed by atoms with van der Waals surface area (Å²) in [5, 5.41) is 0. The molecule has 5 nitrogen and oxygen atoms in total. The van der Waals surface area contributed by atoms with Gasteiger partial charge in [0.05, 0.1) is 12.7 Å². The number of carbonyl (C=O) groups excluding carboxylic acids is 3.